The Morgan fingerprint density at radius 1 is 1.36 bits per heavy atom. The number of rotatable bonds is 1. The first-order chi connectivity index (χ1) is 6.66. The molecule has 0 radical (unpaired) electrons. The minimum absolute atomic E-state index is 0.627. The fraction of sp³-hybridized carbons (Fsp3) is 0.111. The molecule has 4 nitrogen and oxygen atoms in total. The normalized spacial score (nSPS) is 10.4. The van der Waals surface area contributed by atoms with Crippen molar-refractivity contribution in [3.8, 4) is 11.4 Å². The SMILES string of the molecule is Cn1nc(-c2cccc(Br)n2)cc1N. The van der Waals surface area contributed by atoms with E-state index in [1.165, 1.54) is 0 Å². The summed E-state index contributed by atoms with van der Waals surface area (Å²) < 4.78 is 2.41. The maximum atomic E-state index is 5.68. The molecule has 2 heterocycles. The van der Waals surface area contributed by atoms with Gasteiger partial charge in [0.25, 0.3) is 0 Å². The van der Waals surface area contributed by atoms with E-state index < -0.39 is 0 Å². The van der Waals surface area contributed by atoms with E-state index >= 15 is 0 Å². The van der Waals surface area contributed by atoms with Crippen LogP contribution < -0.4 is 5.73 Å². The molecule has 0 amide bonds. The lowest BCUT2D eigenvalue weighted by atomic mass is 10.3. The van der Waals surface area contributed by atoms with Crippen LogP contribution in [0.15, 0.2) is 28.9 Å². The van der Waals surface area contributed by atoms with Crippen LogP contribution in [0, 0.1) is 0 Å². The molecule has 0 saturated heterocycles. The number of halogens is 1. The predicted molar refractivity (Wildman–Crippen MR) is 58.6 cm³/mol. The van der Waals surface area contributed by atoms with Crippen molar-refractivity contribution < 1.29 is 0 Å². The summed E-state index contributed by atoms with van der Waals surface area (Å²) in [5, 5.41) is 4.23. The minimum Gasteiger partial charge on any atom is -0.384 e. The zero-order valence-corrected chi connectivity index (χ0v) is 9.19. The highest BCUT2D eigenvalue weighted by atomic mass is 79.9. The number of hydrogen-bond donors (Lipinski definition) is 1. The Labute approximate surface area is 89.9 Å². The monoisotopic (exact) mass is 252 g/mol. The molecule has 2 aromatic heterocycles. The molecule has 0 aromatic carbocycles. The molecule has 0 fully saturated rings. The van der Waals surface area contributed by atoms with Crippen molar-refractivity contribution >= 4 is 21.7 Å². The van der Waals surface area contributed by atoms with Crippen LogP contribution in [0.2, 0.25) is 0 Å². The molecule has 0 unspecified atom stereocenters. The van der Waals surface area contributed by atoms with Gasteiger partial charge in [0.2, 0.25) is 0 Å². The third-order valence-corrected chi connectivity index (χ3v) is 2.34. The topological polar surface area (TPSA) is 56.7 Å². The number of hydrogen-bond acceptors (Lipinski definition) is 3. The van der Waals surface area contributed by atoms with Gasteiger partial charge in [-0.3, -0.25) is 4.68 Å². The maximum absolute atomic E-state index is 5.68. The van der Waals surface area contributed by atoms with Gasteiger partial charge >= 0.3 is 0 Å². The van der Waals surface area contributed by atoms with Crippen molar-refractivity contribution in [1.82, 2.24) is 14.8 Å². The van der Waals surface area contributed by atoms with Crippen LogP contribution >= 0.6 is 15.9 Å². The van der Waals surface area contributed by atoms with Gasteiger partial charge in [0.05, 0.1) is 5.69 Å². The number of nitrogens with two attached hydrogens (primary N) is 1. The highest BCUT2D eigenvalue weighted by molar-refractivity contribution is 9.10. The number of pyridine rings is 1. The molecule has 0 aliphatic heterocycles. The molecule has 2 rings (SSSR count). The summed E-state index contributed by atoms with van der Waals surface area (Å²) in [6.07, 6.45) is 0. The van der Waals surface area contributed by atoms with Gasteiger partial charge in [-0.15, -0.1) is 0 Å². The Balaban J connectivity index is 2.49. The summed E-state index contributed by atoms with van der Waals surface area (Å²) >= 11 is 3.31. The molecule has 0 aliphatic carbocycles. The largest absolute Gasteiger partial charge is 0.384 e. The lowest BCUT2D eigenvalue weighted by Crippen LogP contribution is -1.96. The maximum Gasteiger partial charge on any atom is 0.122 e. The van der Waals surface area contributed by atoms with Crippen LogP contribution in [-0.2, 0) is 7.05 Å². The summed E-state index contributed by atoms with van der Waals surface area (Å²) in [6.45, 7) is 0. The Morgan fingerprint density at radius 2 is 2.14 bits per heavy atom. The second-order valence-corrected chi connectivity index (χ2v) is 3.74. The summed E-state index contributed by atoms with van der Waals surface area (Å²) in [7, 11) is 1.80. The molecule has 2 N–H and O–H groups in total. The van der Waals surface area contributed by atoms with E-state index in [2.05, 4.69) is 26.0 Å². The third-order valence-electron chi connectivity index (χ3n) is 1.89. The van der Waals surface area contributed by atoms with Crippen molar-refractivity contribution in [3.05, 3.63) is 28.9 Å². The minimum atomic E-state index is 0.627. The first kappa shape index (κ1) is 9.21. The summed E-state index contributed by atoms with van der Waals surface area (Å²) in [5.41, 5.74) is 7.27. The van der Waals surface area contributed by atoms with E-state index in [-0.39, 0.29) is 0 Å². The number of nitrogen functional groups attached to an aromatic ring is 1. The van der Waals surface area contributed by atoms with E-state index in [1.807, 2.05) is 18.2 Å². The van der Waals surface area contributed by atoms with Gasteiger partial charge in [0.1, 0.15) is 16.1 Å². The molecule has 0 spiro atoms. The van der Waals surface area contributed by atoms with E-state index in [4.69, 9.17) is 5.73 Å². The fourth-order valence-electron chi connectivity index (χ4n) is 1.16. The molecule has 0 saturated carbocycles. The average Bonchev–Trinajstić information content (AvgIpc) is 2.47. The second-order valence-electron chi connectivity index (χ2n) is 2.92. The smallest absolute Gasteiger partial charge is 0.122 e. The highest BCUT2D eigenvalue weighted by Gasteiger charge is 2.05. The van der Waals surface area contributed by atoms with Gasteiger partial charge < -0.3 is 5.73 Å². The number of anilines is 1. The Hall–Kier alpha value is -1.36. The zero-order chi connectivity index (χ0) is 10.1. The summed E-state index contributed by atoms with van der Waals surface area (Å²) in [5.74, 6) is 0.627. The van der Waals surface area contributed by atoms with E-state index in [1.54, 1.807) is 17.8 Å². The first-order valence-electron chi connectivity index (χ1n) is 4.09. The van der Waals surface area contributed by atoms with E-state index in [9.17, 15) is 0 Å². The standard InChI is InChI=1S/C9H9BrN4/c1-14-9(11)5-7(13-14)6-3-2-4-8(10)12-6/h2-5H,11H2,1H3. The predicted octanol–water partition coefficient (Wildman–Crippen LogP) is 1.83. The lowest BCUT2D eigenvalue weighted by molar-refractivity contribution is 0.781. The number of aryl methyl sites for hydroxylation is 1. The zero-order valence-electron chi connectivity index (χ0n) is 7.61. The van der Waals surface area contributed by atoms with Gasteiger partial charge in [0, 0.05) is 13.1 Å². The van der Waals surface area contributed by atoms with Gasteiger partial charge in [-0.25, -0.2) is 4.98 Å². The van der Waals surface area contributed by atoms with Crippen LogP contribution in [0.4, 0.5) is 5.82 Å². The molecule has 2 aromatic rings. The van der Waals surface area contributed by atoms with Crippen molar-refractivity contribution in [2.45, 2.75) is 0 Å². The van der Waals surface area contributed by atoms with Crippen molar-refractivity contribution in [3.63, 3.8) is 0 Å². The third kappa shape index (κ3) is 1.63. The summed E-state index contributed by atoms with van der Waals surface area (Å²) in [4.78, 5) is 4.28. The first-order valence-corrected chi connectivity index (χ1v) is 4.88. The van der Waals surface area contributed by atoms with Crippen molar-refractivity contribution in [2.75, 3.05) is 5.73 Å². The Morgan fingerprint density at radius 3 is 2.71 bits per heavy atom. The number of nitrogens with zero attached hydrogens (tertiary/aromatic N) is 3. The highest BCUT2D eigenvalue weighted by Crippen LogP contribution is 2.19. The van der Waals surface area contributed by atoms with Gasteiger partial charge in [-0.05, 0) is 28.1 Å². The van der Waals surface area contributed by atoms with Crippen LogP contribution in [0.25, 0.3) is 11.4 Å². The molecule has 0 atom stereocenters. The van der Waals surface area contributed by atoms with Crippen LogP contribution in [0.3, 0.4) is 0 Å². The Bertz CT molecular complexity index is 444. The second kappa shape index (κ2) is 3.42. The van der Waals surface area contributed by atoms with E-state index in [0.29, 0.717) is 5.82 Å². The van der Waals surface area contributed by atoms with Crippen LogP contribution in [-0.4, -0.2) is 14.8 Å². The lowest BCUT2D eigenvalue weighted by Gasteiger charge is -1.95. The van der Waals surface area contributed by atoms with Crippen LogP contribution in [0.5, 0.6) is 0 Å². The molecular weight excluding hydrogens is 244 g/mol. The van der Waals surface area contributed by atoms with E-state index in [0.717, 1.165) is 16.0 Å². The molecule has 72 valence electrons. The van der Waals surface area contributed by atoms with Gasteiger partial charge in [0.15, 0.2) is 0 Å². The van der Waals surface area contributed by atoms with Gasteiger partial charge in [-0.2, -0.15) is 5.10 Å². The molecule has 0 aliphatic rings. The van der Waals surface area contributed by atoms with Crippen molar-refractivity contribution in [1.29, 1.82) is 0 Å². The molecule has 0 bridgehead atoms. The van der Waals surface area contributed by atoms with Crippen LogP contribution in [0.1, 0.15) is 0 Å². The molecule has 14 heavy (non-hydrogen) atoms. The molecule has 5 heteroatoms. The van der Waals surface area contributed by atoms with Crippen molar-refractivity contribution in [2.24, 2.45) is 7.05 Å². The number of aromatic nitrogens is 3. The summed E-state index contributed by atoms with van der Waals surface area (Å²) in [6, 6.07) is 7.48. The fourth-order valence-corrected chi connectivity index (χ4v) is 1.50. The quantitative estimate of drug-likeness (QED) is 0.789. The Kier molecular flexibility index (Phi) is 2.25. The van der Waals surface area contributed by atoms with Gasteiger partial charge in [-0.1, -0.05) is 6.07 Å². The molecular formula is C9H9BrN4. The average molecular weight is 253 g/mol.